The molecule has 76 valence electrons. The molecule has 14 heavy (non-hydrogen) atoms. The van der Waals surface area contributed by atoms with Crippen LogP contribution >= 0.6 is 27.7 Å². The SMILES string of the molecule is O=C(O)c1ccccc1SCCCBr. The molecule has 0 spiro atoms. The molecule has 0 atom stereocenters. The summed E-state index contributed by atoms with van der Waals surface area (Å²) < 4.78 is 0. The van der Waals surface area contributed by atoms with Crippen LogP contribution in [0.3, 0.4) is 0 Å². The summed E-state index contributed by atoms with van der Waals surface area (Å²) in [4.78, 5) is 11.7. The van der Waals surface area contributed by atoms with Crippen molar-refractivity contribution in [3.05, 3.63) is 29.8 Å². The molecule has 1 aromatic carbocycles. The smallest absolute Gasteiger partial charge is 0.336 e. The number of hydrogen-bond donors (Lipinski definition) is 1. The van der Waals surface area contributed by atoms with Crippen LogP contribution in [-0.2, 0) is 0 Å². The van der Waals surface area contributed by atoms with Gasteiger partial charge in [-0.3, -0.25) is 0 Å². The number of aromatic carboxylic acids is 1. The molecule has 0 aliphatic carbocycles. The first-order chi connectivity index (χ1) is 6.75. The van der Waals surface area contributed by atoms with E-state index in [9.17, 15) is 4.79 Å². The summed E-state index contributed by atoms with van der Waals surface area (Å²) in [5.41, 5.74) is 0.395. The third-order valence-corrected chi connectivity index (χ3v) is 3.37. The summed E-state index contributed by atoms with van der Waals surface area (Å²) >= 11 is 4.93. The molecule has 0 bridgehead atoms. The van der Waals surface area contributed by atoms with E-state index in [0.717, 1.165) is 22.4 Å². The Kier molecular flexibility index (Phi) is 5.04. The fourth-order valence-corrected chi connectivity index (χ4v) is 2.65. The molecule has 0 aromatic heterocycles. The molecule has 0 fully saturated rings. The fraction of sp³-hybridized carbons (Fsp3) is 0.300. The van der Waals surface area contributed by atoms with E-state index < -0.39 is 5.97 Å². The highest BCUT2D eigenvalue weighted by molar-refractivity contribution is 9.09. The summed E-state index contributed by atoms with van der Waals surface area (Å²) in [6.45, 7) is 0. The van der Waals surface area contributed by atoms with Gasteiger partial charge in [0.2, 0.25) is 0 Å². The third kappa shape index (κ3) is 3.35. The van der Waals surface area contributed by atoms with E-state index >= 15 is 0 Å². The molecular weight excluding hydrogens is 264 g/mol. The Balaban J connectivity index is 2.69. The maximum absolute atomic E-state index is 10.8. The molecule has 0 amide bonds. The first-order valence-electron chi connectivity index (χ1n) is 4.27. The van der Waals surface area contributed by atoms with Crippen LogP contribution in [0, 0.1) is 0 Å². The Morgan fingerprint density at radius 2 is 2.14 bits per heavy atom. The number of carbonyl (C=O) groups is 1. The van der Waals surface area contributed by atoms with Gasteiger partial charge in [0, 0.05) is 10.2 Å². The zero-order chi connectivity index (χ0) is 10.4. The van der Waals surface area contributed by atoms with Gasteiger partial charge in [0.1, 0.15) is 0 Å². The first kappa shape index (κ1) is 11.6. The predicted molar refractivity (Wildman–Crippen MR) is 62.5 cm³/mol. The van der Waals surface area contributed by atoms with Crippen LogP contribution in [-0.4, -0.2) is 22.2 Å². The van der Waals surface area contributed by atoms with E-state index in [0.29, 0.717) is 5.56 Å². The van der Waals surface area contributed by atoms with Crippen molar-refractivity contribution < 1.29 is 9.90 Å². The molecule has 0 aliphatic heterocycles. The molecule has 0 unspecified atom stereocenters. The number of halogens is 1. The second kappa shape index (κ2) is 6.09. The number of alkyl halides is 1. The Labute approximate surface area is 95.8 Å². The van der Waals surface area contributed by atoms with Gasteiger partial charge >= 0.3 is 5.97 Å². The predicted octanol–water partition coefficient (Wildman–Crippen LogP) is 3.26. The normalized spacial score (nSPS) is 10.1. The standard InChI is InChI=1S/C10H11BrO2S/c11-6-3-7-14-9-5-2-1-4-8(9)10(12)13/h1-2,4-5H,3,6-7H2,(H,12,13). The summed E-state index contributed by atoms with van der Waals surface area (Å²) in [7, 11) is 0. The van der Waals surface area contributed by atoms with Crippen LogP contribution in [0.1, 0.15) is 16.8 Å². The zero-order valence-electron chi connectivity index (χ0n) is 7.57. The third-order valence-electron chi connectivity index (χ3n) is 1.65. The van der Waals surface area contributed by atoms with Crippen molar-refractivity contribution in [1.82, 2.24) is 0 Å². The van der Waals surface area contributed by atoms with Gasteiger partial charge in [-0.2, -0.15) is 0 Å². The second-order valence-electron chi connectivity index (χ2n) is 2.69. The lowest BCUT2D eigenvalue weighted by Crippen LogP contribution is -1.98. The highest BCUT2D eigenvalue weighted by Gasteiger charge is 2.08. The Morgan fingerprint density at radius 1 is 1.43 bits per heavy atom. The van der Waals surface area contributed by atoms with Crippen molar-refractivity contribution in [3.8, 4) is 0 Å². The quantitative estimate of drug-likeness (QED) is 0.509. The summed E-state index contributed by atoms with van der Waals surface area (Å²) in [6.07, 6.45) is 1.04. The number of thioether (sulfide) groups is 1. The number of carboxylic acids is 1. The van der Waals surface area contributed by atoms with Gasteiger partial charge in [0.25, 0.3) is 0 Å². The van der Waals surface area contributed by atoms with Crippen LogP contribution < -0.4 is 0 Å². The van der Waals surface area contributed by atoms with Gasteiger partial charge < -0.3 is 5.11 Å². The molecule has 1 rings (SSSR count). The molecule has 0 aliphatic rings. The minimum absolute atomic E-state index is 0.395. The maximum Gasteiger partial charge on any atom is 0.336 e. The molecule has 4 heteroatoms. The van der Waals surface area contributed by atoms with Crippen molar-refractivity contribution in [3.63, 3.8) is 0 Å². The summed E-state index contributed by atoms with van der Waals surface area (Å²) in [6, 6.07) is 7.10. The molecule has 0 radical (unpaired) electrons. The monoisotopic (exact) mass is 274 g/mol. The zero-order valence-corrected chi connectivity index (χ0v) is 9.97. The van der Waals surface area contributed by atoms with E-state index in [2.05, 4.69) is 15.9 Å². The average Bonchev–Trinajstić information content (AvgIpc) is 2.19. The van der Waals surface area contributed by atoms with E-state index in [-0.39, 0.29) is 0 Å². The Morgan fingerprint density at radius 3 is 2.79 bits per heavy atom. The van der Waals surface area contributed by atoms with Gasteiger partial charge in [-0.25, -0.2) is 4.79 Å². The lowest BCUT2D eigenvalue weighted by atomic mass is 10.2. The lowest BCUT2D eigenvalue weighted by Gasteiger charge is -2.03. The van der Waals surface area contributed by atoms with Crippen molar-refractivity contribution in [2.24, 2.45) is 0 Å². The van der Waals surface area contributed by atoms with Crippen molar-refractivity contribution in [2.45, 2.75) is 11.3 Å². The molecule has 0 saturated heterocycles. The van der Waals surface area contributed by atoms with Crippen molar-refractivity contribution in [2.75, 3.05) is 11.1 Å². The van der Waals surface area contributed by atoms with Crippen molar-refractivity contribution >= 4 is 33.7 Å². The molecule has 2 nitrogen and oxygen atoms in total. The Hall–Kier alpha value is -0.480. The second-order valence-corrected chi connectivity index (χ2v) is 4.62. The van der Waals surface area contributed by atoms with Gasteiger partial charge in [-0.05, 0) is 24.3 Å². The number of benzene rings is 1. The molecule has 0 heterocycles. The number of rotatable bonds is 5. The summed E-state index contributed by atoms with van der Waals surface area (Å²) in [5, 5.41) is 9.85. The van der Waals surface area contributed by atoms with Crippen LogP contribution in [0.2, 0.25) is 0 Å². The molecule has 1 aromatic rings. The summed E-state index contributed by atoms with van der Waals surface area (Å²) in [5.74, 6) is 0.0853. The minimum Gasteiger partial charge on any atom is -0.478 e. The van der Waals surface area contributed by atoms with Crippen LogP contribution in [0.4, 0.5) is 0 Å². The molecular formula is C10H11BrO2S. The van der Waals surface area contributed by atoms with Gasteiger partial charge in [-0.15, -0.1) is 11.8 Å². The molecule has 1 N–H and O–H groups in total. The van der Waals surface area contributed by atoms with E-state index in [1.807, 2.05) is 12.1 Å². The minimum atomic E-state index is -0.855. The van der Waals surface area contributed by atoms with Crippen LogP contribution in [0.15, 0.2) is 29.2 Å². The number of hydrogen-bond acceptors (Lipinski definition) is 2. The fourth-order valence-electron chi connectivity index (χ4n) is 1.01. The van der Waals surface area contributed by atoms with Gasteiger partial charge in [0.05, 0.1) is 5.56 Å². The lowest BCUT2D eigenvalue weighted by molar-refractivity contribution is 0.0693. The molecule has 0 saturated carbocycles. The topological polar surface area (TPSA) is 37.3 Å². The van der Waals surface area contributed by atoms with E-state index in [1.165, 1.54) is 0 Å². The van der Waals surface area contributed by atoms with Crippen molar-refractivity contribution in [1.29, 1.82) is 0 Å². The Bertz CT molecular complexity index is 315. The number of carboxylic acid groups (broad SMARTS) is 1. The maximum atomic E-state index is 10.8. The van der Waals surface area contributed by atoms with Gasteiger partial charge in [0.15, 0.2) is 0 Å². The first-order valence-corrected chi connectivity index (χ1v) is 6.37. The average molecular weight is 275 g/mol. The van der Waals surface area contributed by atoms with Crippen LogP contribution in [0.5, 0.6) is 0 Å². The van der Waals surface area contributed by atoms with Crippen LogP contribution in [0.25, 0.3) is 0 Å². The largest absolute Gasteiger partial charge is 0.478 e. The van der Waals surface area contributed by atoms with Gasteiger partial charge in [-0.1, -0.05) is 28.1 Å². The van der Waals surface area contributed by atoms with E-state index in [1.54, 1.807) is 23.9 Å². The van der Waals surface area contributed by atoms with E-state index in [4.69, 9.17) is 5.11 Å². The highest BCUT2D eigenvalue weighted by atomic mass is 79.9. The highest BCUT2D eigenvalue weighted by Crippen LogP contribution is 2.23.